The van der Waals surface area contributed by atoms with E-state index in [0.717, 1.165) is 6.42 Å². The van der Waals surface area contributed by atoms with E-state index in [1.807, 2.05) is 13.8 Å². The molecule has 1 atom stereocenters. The molecule has 6 nitrogen and oxygen atoms in total. The molecule has 0 aliphatic carbocycles. The fourth-order valence-electron chi connectivity index (χ4n) is 2.54. The first-order chi connectivity index (χ1) is 13.5. The van der Waals surface area contributed by atoms with Gasteiger partial charge in [0.15, 0.2) is 0 Å². The highest BCUT2D eigenvalue weighted by atomic mass is 19.1. The van der Waals surface area contributed by atoms with Crippen LogP contribution in [-0.4, -0.2) is 23.0 Å². The molecule has 28 heavy (non-hydrogen) atoms. The van der Waals surface area contributed by atoms with E-state index in [9.17, 15) is 14.0 Å². The summed E-state index contributed by atoms with van der Waals surface area (Å²) < 4.78 is 18.5. The Labute approximate surface area is 161 Å². The molecule has 1 heterocycles. The first-order valence-corrected chi connectivity index (χ1v) is 8.91. The number of carbonyl (C=O) groups excluding carboxylic acids is 2. The third-order valence-corrected chi connectivity index (χ3v) is 4.26. The second-order valence-electron chi connectivity index (χ2n) is 6.37. The van der Waals surface area contributed by atoms with Crippen LogP contribution in [0.4, 0.5) is 10.1 Å². The lowest BCUT2D eigenvalue weighted by atomic mass is 10.1. The number of hydrogen-bond acceptors (Lipinski definition) is 4. The van der Waals surface area contributed by atoms with Crippen molar-refractivity contribution >= 4 is 17.5 Å². The maximum absolute atomic E-state index is 13.4. The zero-order chi connectivity index (χ0) is 20.1. The van der Waals surface area contributed by atoms with Gasteiger partial charge in [-0.05, 0) is 37.6 Å². The third kappa shape index (κ3) is 4.43. The van der Waals surface area contributed by atoms with Gasteiger partial charge < -0.3 is 15.2 Å². The van der Waals surface area contributed by atoms with Crippen molar-refractivity contribution in [2.45, 2.75) is 26.3 Å². The smallest absolute Gasteiger partial charge is 0.294 e. The van der Waals surface area contributed by atoms with E-state index in [0.29, 0.717) is 22.5 Å². The molecule has 0 spiro atoms. The summed E-state index contributed by atoms with van der Waals surface area (Å²) in [4.78, 5) is 25.0. The highest BCUT2D eigenvalue weighted by molar-refractivity contribution is 6.08. The first-order valence-electron chi connectivity index (χ1n) is 8.91. The Morgan fingerprint density at radius 1 is 1.11 bits per heavy atom. The van der Waals surface area contributed by atoms with Gasteiger partial charge in [-0.3, -0.25) is 9.59 Å². The van der Waals surface area contributed by atoms with Crippen LogP contribution in [0.5, 0.6) is 0 Å². The van der Waals surface area contributed by atoms with Gasteiger partial charge in [0.1, 0.15) is 11.5 Å². The molecule has 0 fully saturated rings. The summed E-state index contributed by atoms with van der Waals surface area (Å²) in [6.07, 6.45) is 0.793. The molecule has 0 bridgehead atoms. The summed E-state index contributed by atoms with van der Waals surface area (Å²) in [5.41, 5.74) is 1.54. The number of rotatable bonds is 6. The molecule has 3 aromatic rings. The van der Waals surface area contributed by atoms with Gasteiger partial charge in [-0.2, -0.15) is 0 Å². The zero-order valence-corrected chi connectivity index (χ0v) is 15.5. The number of amides is 2. The molecular formula is C21H20FN3O3. The van der Waals surface area contributed by atoms with Gasteiger partial charge in [0.2, 0.25) is 5.76 Å². The predicted molar refractivity (Wildman–Crippen MR) is 104 cm³/mol. The number of hydrogen-bond donors (Lipinski definition) is 2. The standard InChI is InChI=1S/C21H20FN3O3/c1-3-13(2)23-20(26)16-9-4-5-10-17(16)24-21(27)19-12-18(25-28-19)14-7-6-8-15(22)11-14/h4-13H,3H2,1-2H3,(H,23,26)(H,24,27). The monoisotopic (exact) mass is 381 g/mol. The van der Waals surface area contributed by atoms with Crippen LogP contribution < -0.4 is 10.6 Å². The minimum atomic E-state index is -0.557. The molecule has 0 radical (unpaired) electrons. The summed E-state index contributed by atoms with van der Waals surface area (Å²) in [7, 11) is 0. The lowest BCUT2D eigenvalue weighted by Gasteiger charge is -2.14. The maximum atomic E-state index is 13.4. The molecule has 0 aliphatic rings. The van der Waals surface area contributed by atoms with Crippen molar-refractivity contribution in [3.05, 3.63) is 71.7 Å². The number of nitrogens with one attached hydrogen (secondary N) is 2. The summed E-state index contributed by atoms with van der Waals surface area (Å²) in [6.45, 7) is 3.88. The molecule has 0 saturated heterocycles. The van der Waals surface area contributed by atoms with Crippen LogP contribution in [0, 0.1) is 5.82 Å². The number of para-hydroxylation sites is 1. The fourth-order valence-corrected chi connectivity index (χ4v) is 2.54. The Morgan fingerprint density at radius 3 is 2.64 bits per heavy atom. The Hall–Kier alpha value is -3.48. The van der Waals surface area contributed by atoms with E-state index < -0.39 is 11.7 Å². The van der Waals surface area contributed by atoms with Gasteiger partial charge in [0, 0.05) is 17.7 Å². The van der Waals surface area contributed by atoms with Crippen molar-refractivity contribution in [1.82, 2.24) is 10.5 Å². The van der Waals surface area contributed by atoms with Gasteiger partial charge in [0.05, 0.1) is 11.3 Å². The number of nitrogens with zero attached hydrogens (tertiary/aromatic N) is 1. The highest BCUT2D eigenvalue weighted by Crippen LogP contribution is 2.21. The van der Waals surface area contributed by atoms with Crippen molar-refractivity contribution in [2.75, 3.05) is 5.32 Å². The second-order valence-corrected chi connectivity index (χ2v) is 6.37. The quantitative estimate of drug-likeness (QED) is 0.668. The van der Waals surface area contributed by atoms with Crippen LogP contribution in [-0.2, 0) is 0 Å². The Bertz CT molecular complexity index is 1000. The van der Waals surface area contributed by atoms with E-state index in [1.54, 1.807) is 36.4 Å². The van der Waals surface area contributed by atoms with Crippen LogP contribution in [0.25, 0.3) is 11.3 Å². The Kier molecular flexibility index (Phi) is 5.84. The minimum absolute atomic E-state index is 0.0133. The largest absolute Gasteiger partial charge is 0.350 e. The molecule has 2 N–H and O–H groups in total. The van der Waals surface area contributed by atoms with E-state index in [1.165, 1.54) is 18.2 Å². The van der Waals surface area contributed by atoms with E-state index in [2.05, 4.69) is 15.8 Å². The van der Waals surface area contributed by atoms with Gasteiger partial charge in [-0.25, -0.2) is 4.39 Å². The van der Waals surface area contributed by atoms with Crippen molar-refractivity contribution in [2.24, 2.45) is 0 Å². The van der Waals surface area contributed by atoms with Crippen LogP contribution in [0.3, 0.4) is 0 Å². The molecule has 0 saturated carbocycles. The Morgan fingerprint density at radius 2 is 1.89 bits per heavy atom. The minimum Gasteiger partial charge on any atom is -0.350 e. The lowest BCUT2D eigenvalue weighted by molar-refractivity contribution is 0.0940. The van der Waals surface area contributed by atoms with Gasteiger partial charge in [0.25, 0.3) is 11.8 Å². The topological polar surface area (TPSA) is 84.2 Å². The molecule has 2 amide bonds. The molecular weight excluding hydrogens is 361 g/mol. The van der Waals surface area contributed by atoms with Crippen LogP contribution in [0.15, 0.2) is 59.1 Å². The molecule has 1 unspecified atom stereocenters. The molecule has 0 aliphatic heterocycles. The number of benzene rings is 2. The number of aromatic nitrogens is 1. The van der Waals surface area contributed by atoms with E-state index in [4.69, 9.17) is 4.52 Å². The van der Waals surface area contributed by atoms with Gasteiger partial charge >= 0.3 is 0 Å². The number of carbonyl (C=O) groups is 2. The van der Waals surface area contributed by atoms with Crippen molar-refractivity contribution in [1.29, 1.82) is 0 Å². The van der Waals surface area contributed by atoms with Crippen LogP contribution in [0.2, 0.25) is 0 Å². The second kappa shape index (κ2) is 8.47. The molecule has 7 heteroatoms. The zero-order valence-electron chi connectivity index (χ0n) is 15.5. The van der Waals surface area contributed by atoms with Crippen molar-refractivity contribution < 1.29 is 18.5 Å². The average molecular weight is 381 g/mol. The third-order valence-electron chi connectivity index (χ3n) is 4.26. The first kappa shape index (κ1) is 19.3. The Balaban J connectivity index is 1.78. The van der Waals surface area contributed by atoms with E-state index >= 15 is 0 Å². The fraction of sp³-hybridized carbons (Fsp3) is 0.190. The number of anilines is 1. The molecule has 2 aromatic carbocycles. The van der Waals surface area contributed by atoms with Gasteiger partial charge in [-0.1, -0.05) is 36.3 Å². The molecule has 3 rings (SSSR count). The van der Waals surface area contributed by atoms with Crippen LogP contribution in [0.1, 0.15) is 41.2 Å². The summed E-state index contributed by atoms with van der Waals surface area (Å²) in [5, 5.41) is 9.35. The number of halogens is 1. The maximum Gasteiger partial charge on any atom is 0.294 e. The summed E-state index contributed by atoms with van der Waals surface area (Å²) in [6, 6.07) is 14.0. The predicted octanol–water partition coefficient (Wildman–Crippen LogP) is 4.26. The van der Waals surface area contributed by atoms with E-state index in [-0.39, 0.29) is 17.7 Å². The molecule has 1 aromatic heterocycles. The highest BCUT2D eigenvalue weighted by Gasteiger charge is 2.18. The van der Waals surface area contributed by atoms with Gasteiger partial charge in [-0.15, -0.1) is 0 Å². The molecule has 144 valence electrons. The van der Waals surface area contributed by atoms with Crippen molar-refractivity contribution in [3.8, 4) is 11.3 Å². The normalized spacial score (nSPS) is 11.7. The summed E-state index contributed by atoms with van der Waals surface area (Å²) in [5.74, 6) is -1.29. The average Bonchev–Trinajstić information content (AvgIpc) is 3.18. The lowest BCUT2D eigenvalue weighted by Crippen LogP contribution is -2.32. The van der Waals surface area contributed by atoms with Crippen LogP contribution >= 0.6 is 0 Å². The summed E-state index contributed by atoms with van der Waals surface area (Å²) >= 11 is 0. The SMILES string of the molecule is CCC(C)NC(=O)c1ccccc1NC(=O)c1cc(-c2cccc(F)c2)no1. The van der Waals surface area contributed by atoms with Crippen molar-refractivity contribution in [3.63, 3.8) is 0 Å².